The number of likely N-dealkylation sites (tertiary alicyclic amines) is 1. The van der Waals surface area contributed by atoms with Gasteiger partial charge in [-0.15, -0.1) is 0 Å². The highest BCUT2D eigenvalue weighted by Crippen LogP contribution is 2.51. The van der Waals surface area contributed by atoms with E-state index in [0.29, 0.717) is 50.7 Å². The van der Waals surface area contributed by atoms with Crippen molar-refractivity contribution in [3.05, 3.63) is 89.9 Å². The lowest BCUT2D eigenvalue weighted by Crippen LogP contribution is -2.46. The van der Waals surface area contributed by atoms with Gasteiger partial charge in [-0.2, -0.15) is 0 Å². The van der Waals surface area contributed by atoms with Crippen molar-refractivity contribution in [1.82, 2.24) is 9.88 Å². The molecule has 3 aromatic carbocycles. The van der Waals surface area contributed by atoms with E-state index in [9.17, 15) is 14.0 Å². The van der Waals surface area contributed by atoms with Gasteiger partial charge in [0.15, 0.2) is 0 Å². The van der Waals surface area contributed by atoms with Crippen LogP contribution in [-0.2, 0) is 20.9 Å². The topological polar surface area (TPSA) is 78.0 Å². The second-order valence-corrected chi connectivity index (χ2v) is 12.2. The lowest BCUT2D eigenvalue weighted by atomic mass is 9.66. The Bertz CT molecular complexity index is 1670. The first-order valence-corrected chi connectivity index (χ1v) is 15.2. The van der Waals surface area contributed by atoms with E-state index in [1.165, 1.54) is 12.1 Å². The monoisotopic (exact) mass is 596 g/mol. The van der Waals surface area contributed by atoms with E-state index in [4.69, 9.17) is 19.2 Å². The summed E-state index contributed by atoms with van der Waals surface area (Å²) in [4.78, 5) is 31.4. The second-order valence-electron chi connectivity index (χ2n) is 12.2. The standard InChI is InChI=1S/C36H37FN2O5/c1-4-42-32(41)20-39-22-36(19-31(39)40)17-28(18-36)44-35-30-16-27(43-21-24-8-6-5-7-9-24)14-15-29(30)33(34(38-35)23(2)3)25-10-12-26(37)13-11-25/h5-16,23,28H,4,17-22H2,1-3H3. The molecule has 4 aromatic rings. The minimum atomic E-state index is -0.381. The SMILES string of the molecule is CCOC(=O)CN1CC2(CC1=O)CC(Oc1nc(C(C)C)c(-c3ccc(F)cc3)c3ccc(OCc4ccccc4)cc13)C2. The maximum atomic E-state index is 13.9. The van der Waals surface area contributed by atoms with Crippen molar-refractivity contribution >= 4 is 22.6 Å². The molecule has 0 N–H and O–H groups in total. The van der Waals surface area contributed by atoms with Gasteiger partial charge in [0.2, 0.25) is 11.8 Å². The summed E-state index contributed by atoms with van der Waals surface area (Å²) in [6.07, 6.45) is 1.68. The molecule has 0 unspecified atom stereocenters. The first-order chi connectivity index (χ1) is 21.2. The number of hydrogen-bond donors (Lipinski definition) is 0. The predicted octanol–water partition coefficient (Wildman–Crippen LogP) is 7.07. The highest BCUT2D eigenvalue weighted by Gasteiger charge is 2.53. The number of carbonyl (C=O) groups is 2. The fourth-order valence-corrected chi connectivity index (χ4v) is 6.45. The summed E-state index contributed by atoms with van der Waals surface area (Å²) in [5, 5.41) is 1.76. The number of carbonyl (C=O) groups excluding carboxylic acids is 2. The Balaban J connectivity index is 1.30. The zero-order valence-corrected chi connectivity index (χ0v) is 25.3. The van der Waals surface area contributed by atoms with Gasteiger partial charge < -0.3 is 19.1 Å². The van der Waals surface area contributed by atoms with E-state index < -0.39 is 0 Å². The molecule has 1 saturated heterocycles. The zero-order valence-electron chi connectivity index (χ0n) is 25.3. The van der Waals surface area contributed by atoms with Gasteiger partial charge in [-0.05, 0) is 72.5 Å². The first kappa shape index (κ1) is 29.6. The molecule has 2 aliphatic rings. The van der Waals surface area contributed by atoms with Crippen LogP contribution < -0.4 is 9.47 Å². The van der Waals surface area contributed by atoms with E-state index in [1.807, 2.05) is 48.5 Å². The fraction of sp³-hybridized carbons (Fsp3) is 0.361. The molecule has 0 atom stereocenters. The minimum absolute atomic E-state index is 0.0134. The number of halogens is 1. The number of ether oxygens (including phenoxy) is 3. The molecule has 1 aliphatic heterocycles. The third-order valence-electron chi connectivity index (χ3n) is 8.53. The molecule has 1 aromatic heterocycles. The summed E-state index contributed by atoms with van der Waals surface area (Å²) in [6, 6.07) is 22.4. The number of benzene rings is 3. The van der Waals surface area contributed by atoms with Crippen LogP contribution in [0.3, 0.4) is 0 Å². The van der Waals surface area contributed by atoms with E-state index in [1.54, 1.807) is 24.0 Å². The zero-order chi connectivity index (χ0) is 30.8. The van der Waals surface area contributed by atoms with Crippen LogP contribution in [0.5, 0.6) is 11.6 Å². The summed E-state index contributed by atoms with van der Waals surface area (Å²) in [6.45, 7) is 7.15. The second kappa shape index (κ2) is 12.3. The van der Waals surface area contributed by atoms with Gasteiger partial charge in [-0.3, -0.25) is 9.59 Å². The summed E-state index contributed by atoms with van der Waals surface area (Å²) < 4.78 is 31.7. The molecule has 228 valence electrons. The van der Waals surface area contributed by atoms with Gasteiger partial charge in [0.1, 0.15) is 30.8 Å². The third kappa shape index (κ3) is 6.11. The highest BCUT2D eigenvalue weighted by atomic mass is 19.1. The predicted molar refractivity (Wildman–Crippen MR) is 166 cm³/mol. The van der Waals surface area contributed by atoms with Crippen LogP contribution in [0.15, 0.2) is 72.8 Å². The van der Waals surface area contributed by atoms with Gasteiger partial charge >= 0.3 is 5.97 Å². The lowest BCUT2D eigenvalue weighted by molar-refractivity contribution is -0.147. The molecule has 1 saturated carbocycles. The van der Waals surface area contributed by atoms with Crippen molar-refractivity contribution in [1.29, 1.82) is 0 Å². The largest absolute Gasteiger partial charge is 0.489 e. The first-order valence-electron chi connectivity index (χ1n) is 15.2. The summed E-state index contributed by atoms with van der Waals surface area (Å²) in [7, 11) is 0. The van der Waals surface area contributed by atoms with Crippen molar-refractivity contribution in [2.24, 2.45) is 5.41 Å². The van der Waals surface area contributed by atoms with Gasteiger partial charge in [0.25, 0.3) is 0 Å². The van der Waals surface area contributed by atoms with Gasteiger partial charge in [-0.1, -0.05) is 56.3 Å². The molecule has 7 nitrogen and oxygen atoms in total. The molecule has 2 fully saturated rings. The molecule has 1 spiro atoms. The minimum Gasteiger partial charge on any atom is -0.489 e. The maximum Gasteiger partial charge on any atom is 0.325 e. The number of esters is 1. The number of fused-ring (bicyclic) bond motifs is 1. The molecule has 44 heavy (non-hydrogen) atoms. The summed E-state index contributed by atoms with van der Waals surface area (Å²) in [5.41, 5.74) is 3.54. The van der Waals surface area contributed by atoms with E-state index in [0.717, 1.165) is 33.2 Å². The number of hydrogen-bond acceptors (Lipinski definition) is 6. The number of rotatable bonds is 10. The molecule has 1 amide bonds. The van der Waals surface area contributed by atoms with Crippen molar-refractivity contribution in [2.45, 2.75) is 58.7 Å². The molecular formula is C36H37FN2O5. The quantitative estimate of drug-likeness (QED) is 0.182. The fourth-order valence-electron chi connectivity index (χ4n) is 6.45. The lowest BCUT2D eigenvalue weighted by Gasteiger charge is -2.44. The van der Waals surface area contributed by atoms with Gasteiger partial charge in [0.05, 0.1) is 12.3 Å². The number of pyridine rings is 1. The average molecular weight is 597 g/mol. The van der Waals surface area contributed by atoms with Crippen molar-refractivity contribution in [3.63, 3.8) is 0 Å². The third-order valence-corrected chi connectivity index (χ3v) is 8.53. The van der Waals surface area contributed by atoms with Crippen molar-refractivity contribution < 1.29 is 28.2 Å². The van der Waals surface area contributed by atoms with Crippen molar-refractivity contribution in [2.75, 3.05) is 19.7 Å². The van der Waals surface area contributed by atoms with E-state index in [2.05, 4.69) is 13.8 Å². The number of amides is 1. The molecule has 2 heterocycles. The molecule has 6 rings (SSSR count). The normalized spacial score (nSPS) is 19.4. The Hall–Kier alpha value is -4.46. The maximum absolute atomic E-state index is 13.9. The van der Waals surface area contributed by atoms with Crippen molar-refractivity contribution in [3.8, 4) is 22.8 Å². The Labute approximate surface area is 256 Å². The van der Waals surface area contributed by atoms with Crippen LogP contribution in [0.1, 0.15) is 57.2 Å². The summed E-state index contributed by atoms with van der Waals surface area (Å²) >= 11 is 0. The summed E-state index contributed by atoms with van der Waals surface area (Å²) in [5.74, 6) is 0.592. The van der Waals surface area contributed by atoms with Crippen LogP contribution in [-0.4, -0.2) is 47.6 Å². The van der Waals surface area contributed by atoms with Gasteiger partial charge in [0, 0.05) is 29.3 Å². The molecule has 8 heteroatoms. The van der Waals surface area contributed by atoms with Gasteiger partial charge in [-0.25, -0.2) is 9.37 Å². The smallest absolute Gasteiger partial charge is 0.325 e. The Morgan fingerprint density at radius 2 is 1.80 bits per heavy atom. The van der Waals surface area contributed by atoms with Crippen LogP contribution in [0.25, 0.3) is 21.9 Å². The van der Waals surface area contributed by atoms with Crippen LogP contribution in [0.4, 0.5) is 4.39 Å². The van der Waals surface area contributed by atoms with E-state index >= 15 is 0 Å². The molecule has 1 aliphatic carbocycles. The van der Waals surface area contributed by atoms with E-state index in [-0.39, 0.29) is 41.7 Å². The molecular weight excluding hydrogens is 559 g/mol. The average Bonchev–Trinajstić information content (AvgIpc) is 3.32. The van der Waals surface area contributed by atoms with Crippen LogP contribution in [0.2, 0.25) is 0 Å². The van der Waals surface area contributed by atoms with Crippen LogP contribution in [0, 0.1) is 11.2 Å². The van der Waals surface area contributed by atoms with Crippen LogP contribution >= 0.6 is 0 Å². The highest BCUT2D eigenvalue weighted by molar-refractivity contribution is 6.01. The Kier molecular flexibility index (Phi) is 8.25. The Morgan fingerprint density at radius 1 is 1.05 bits per heavy atom. The number of nitrogens with zero attached hydrogens (tertiary/aromatic N) is 2. The molecule has 0 radical (unpaired) electrons. The number of aromatic nitrogens is 1. The Morgan fingerprint density at radius 3 is 2.50 bits per heavy atom. The molecule has 0 bridgehead atoms.